The number of hydrogen-bond donors (Lipinski definition) is 1. The van der Waals surface area contributed by atoms with Crippen LogP contribution in [0.5, 0.6) is 5.75 Å². The number of hydrogen-bond acceptors (Lipinski definition) is 4. The second-order valence-corrected chi connectivity index (χ2v) is 6.86. The van der Waals surface area contributed by atoms with Crippen molar-refractivity contribution in [3.8, 4) is 11.8 Å². The molecule has 0 radical (unpaired) electrons. The second-order valence-electron chi connectivity index (χ2n) is 6.86. The molecule has 1 saturated carbocycles. The molecule has 3 rings (SSSR count). The molecule has 6 nitrogen and oxygen atoms in total. The van der Waals surface area contributed by atoms with Gasteiger partial charge in [0.15, 0.2) is 0 Å². The Kier molecular flexibility index (Phi) is 4.91. The van der Waals surface area contributed by atoms with Crippen molar-refractivity contribution in [2.45, 2.75) is 37.5 Å². The third kappa shape index (κ3) is 3.80. The fourth-order valence-electron chi connectivity index (χ4n) is 3.30. The topological polar surface area (TPSA) is 68.6 Å². The van der Waals surface area contributed by atoms with E-state index >= 15 is 0 Å². The van der Waals surface area contributed by atoms with E-state index in [1.165, 1.54) is 0 Å². The molecule has 1 aromatic rings. The molecule has 0 unspecified atom stereocenters. The van der Waals surface area contributed by atoms with Crippen molar-refractivity contribution < 1.29 is 9.53 Å². The SMILES string of the molecule is CN(C)[C@H]1CC[C@H](NC(=O)N2CC(Oc3ccc(C#N)cc3)C2)C1. The monoisotopic (exact) mass is 328 g/mol. The van der Waals surface area contributed by atoms with Crippen LogP contribution in [0.2, 0.25) is 0 Å². The van der Waals surface area contributed by atoms with E-state index in [0.717, 1.165) is 25.0 Å². The molecule has 2 fully saturated rings. The third-order valence-electron chi connectivity index (χ3n) is 4.88. The van der Waals surface area contributed by atoms with Gasteiger partial charge in [0.2, 0.25) is 0 Å². The van der Waals surface area contributed by atoms with Crippen molar-refractivity contribution in [2.75, 3.05) is 27.2 Å². The molecular weight excluding hydrogens is 304 g/mol. The van der Waals surface area contributed by atoms with Crippen molar-refractivity contribution >= 4 is 6.03 Å². The number of urea groups is 1. The smallest absolute Gasteiger partial charge is 0.317 e. The molecule has 24 heavy (non-hydrogen) atoms. The zero-order valence-corrected chi connectivity index (χ0v) is 14.2. The Hall–Kier alpha value is -2.26. The number of amides is 2. The molecule has 1 saturated heterocycles. The van der Waals surface area contributed by atoms with Crippen LogP contribution in [0, 0.1) is 11.3 Å². The van der Waals surface area contributed by atoms with Crippen molar-refractivity contribution in [3.63, 3.8) is 0 Å². The van der Waals surface area contributed by atoms with Crippen molar-refractivity contribution in [1.82, 2.24) is 15.1 Å². The molecule has 0 aromatic heterocycles. The number of benzene rings is 1. The van der Waals surface area contributed by atoms with E-state index in [9.17, 15) is 4.79 Å². The predicted molar refractivity (Wildman–Crippen MR) is 90.8 cm³/mol. The van der Waals surface area contributed by atoms with E-state index < -0.39 is 0 Å². The van der Waals surface area contributed by atoms with Crippen LogP contribution in [0.3, 0.4) is 0 Å². The number of nitriles is 1. The van der Waals surface area contributed by atoms with Crippen LogP contribution in [0.25, 0.3) is 0 Å². The quantitative estimate of drug-likeness (QED) is 0.915. The Morgan fingerprint density at radius 1 is 1.29 bits per heavy atom. The predicted octanol–water partition coefficient (Wildman–Crippen LogP) is 1.81. The van der Waals surface area contributed by atoms with Gasteiger partial charge in [-0.1, -0.05) is 0 Å². The van der Waals surface area contributed by atoms with Crippen LogP contribution in [0.1, 0.15) is 24.8 Å². The minimum Gasteiger partial charge on any atom is -0.487 e. The van der Waals surface area contributed by atoms with Crippen LogP contribution in [-0.4, -0.2) is 61.2 Å². The number of rotatable bonds is 4. The van der Waals surface area contributed by atoms with Gasteiger partial charge in [0, 0.05) is 12.1 Å². The van der Waals surface area contributed by atoms with Gasteiger partial charge in [-0.15, -0.1) is 0 Å². The summed E-state index contributed by atoms with van der Waals surface area (Å²) in [6, 6.07) is 10.0. The van der Waals surface area contributed by atoms with Crippen LogP contribution < -0.4 is 10.1 Å². The molecule has 0 bridgehead atoms. The summed E-state index contributed by atoms with van der Waals surface area (Å²) in [4.78, 5) is 16.3. The lowest BCUT2D eigenvalue weighted by atomic mass is 10.1. The maximum Gasteiger partial charge on any atom is 0.317 e. The molecule has 6 heteroatoms. The summed E-state index contributed by atoms with van der Waals surface area (Å²) in [5, 5.41) is 11.9. The second kappa shape index (κ2) is 7.10. The molecule has 1 aliphatic heterocycles. The first kappa shape index (κ1) is 16.6. The highest BCUT2D eigenvalue weighted by Crippen LogP contribution is 2.23. The van der Waals surface area contributed by atoms with E-state index in [0.29, 0.717) is 24.7 Å². The first-order valence-electron chi connectivity index (χ1n) is 8.44. The molecule has 1 aromatic carbocycles. The maximum absolute atomic E-state index is 12.2. The molecule has 1 heterocycles. The zero-order chi connectivity index (χ0) is 17.1. The van der Waals surface area contributed by atoms with Gasteiger partial charge in [0.1, 0.15) is 11.9 Å². The van der Waals surface area contributed by atoms with Crippen LogP contribution in [0.4, 0.5) is 4.79 Å². The Labute approximate surface area is 143 Å². The number of nitrogens with zero attached hydrogens (tertiary/aromatic N) is 3. The number of nitrogens with one attached hydrogen (secondary N) is 1. The van der Waals surface area contributed by atoms with Gasteiger partial charge < -0.3 is 19.9 Å². The zero-order valence-electron chi connectivity index (χ0n) is 14.2. The average Bonchev–Trinajstić information content (AvgIpc) is 2.99. The Bertz CT molecular complexity index is 617. The maximum atomic E-state index is 12.2. The van der Waals surface area contributed by atoms with Gasteiger partial charge in [-0.2, -0.15) is 5.26 Å². The normalized spacial score (nSPS) is 23.7. The Balaban J connectivity index is 1.40. The lowest BCUT2D eigenvalue weighted by molar-refractivity contribution is 0.0434. The summed E-state index contributed by atoms with van der Waals surface area (Å²) in [5.74, 6) is 0.740. The highest BCUT2D eigenvalue weighted by molar-refractivity contribution is 5.75. The van der Waals surface area contributed by atoms with Crippen LogP contribution in [-0.2, 0) is 0 Å². The largest absolute Gasteiger partial charge is 0.487 e. The van der Waals surface area contributed by atoms with Gasteiger partial charge in [-0.05, 0) is 57.6 Å². The molecule has 1 N–H and O–H groups in total. The summed E-state index contributed by atoms with van der Waals surface area (Å²) in [7, 11) is 4.19. The highest BCUT2D eigenvalue weighted by atomic mass is 16.5. The van der Waals surface area contributed by atoms with Gasteiger partial charge in [0.25, 0.3) is 0 Å². The van der Waals surface area contributed by atoms with Crippen molar-refractivity contribution in [3.05, 3.63) is 29.8 Å². The van der Waals surface area contributed by atoms with E-state index in [1.54, 1.807) is 29.2 Å². The molecule has 0 spiro atoms. The minimum atomic E-state index is 0.0130. The number of likely N-dealkylation sites (tertiary alicyclic amines) is 1. The first-order chi connectivity index (χ1) is 11.5. The number of carbonyl (C=O) groups is 1. The fourth-order valence-corrected chi connectivity index (χ4v) is 3.30. The molecule has 2 aliphatic rings. The van der Waals surface area contributed by atoms with Crippen molar-refractivity contribution in [2.24, 2.45) is 0 Å². The molecular formula is C18H24N4O2. The van der Waals surface area contributed by atoms with Crippen LogP contribution >= 0.6 is 0 Å². The van der Waals surface area contributed by atoms with E-state index in [2.05, 4.69) is 30.4 Å². The summed E-state index contributed by atoms with van der Waals surface area (Å²) in [5.41, 5.74) is 0.615. The first-order valence-corrected chi connectivity index (χ1v) is 8.44. The molecule has 1 aliphatic carbocycles. The Morgan fingerprint density at radius 2 is 2.00 bits per heavy atom. The average molecular weight is 328 g/mol. The summed E-state index contributed by atoms with van der Waals surface area (Å²) >= 11 is 0. The number of ether oxygens (including phenoxy) is 1. The summed E-state index contributed by atoms with van der Waals surface area (Å²) in [6.07, 6.45) is 3.25. The van der Waals surface area contributed by atoms with Gasteiger partial charge in [0.05, 0.1) is 24.7 Å². The summed E-state index contributed by atoms with van der Waals surface area (Å²) in [6.45, 7) is 1.21. The van der Waals surface area contributed by atoms with E-state index in [4.69, 9.17) is 10.00 Å². The van der Waals surface area contributed by atoms with Crippen LogP contribution in [0.15, 0.2) is 24.3 Å². The third-order valence-corrected chi connectivity index (χ3v) is 4.88. The van der Waals surface area contributed by atoms with Gasteiger partial charge in [-0.3, -0.25) is 0 Å². The van der Waals surface area contributed by atoms with Crippen molar-refractivity contribution in [1.29, 1.82) is 5.26 Å². The minimum absolute atomic E-state index is 0.0130. The lowest BCUT2D eigenvalue weighted by Gasteiger charge is -2.39. The lowest BCUT2D eigenvalue weighted by Crippen LogP contribution is -2.59. The van der Waals surface area contributed by atoms with E-state index in [-0.39, 0.29) is 18.2 Å². The molecule has 128 valence electrons. The van der Waals surface area contributed by atoms with E-state index in [1.807, 2.05) is 0 Å². The standard InChI is InChI=1S/C18H24N4O2/c1-21(2)15-6-5-14(9-15)20-18(23)22-11-17(12-22)24-16-7-3-13(10-19)4-8-16/h3-4,7-8,14-15,17H,5-6,9,11-12H2,1-2H3,(H,20,23)/t14-,15-/m0/s1. The fraction of sp³-hybridized carbons (Fsp3) is 0.556. The highest BCUT2D eigenvalue weighted by Gasteiger charge is 2.34. The van der Waals surface area contributed by atoms with Gasteiger partial charge in [-0.25, -0.2) is 4.79 Å². The molecule has 2 amide bonds. The Morgan fingerprint density at radius 3 is 2.58 bits per heavy atom. The number of carbonyl (C=O) groups excluding carboxylic acids is 1. The molecule has 2 atom stereocenters. The van der Waals surface area contributed by atoms with Gasteiger partial charge >= 0.3 is 6.03 Å². The summed E-state index contributed by atoms with van der Waals surface area (Å²) < 4.78 is 5.81.